The third-order valence-electron chi connectivity index (χ3n) is 2.85. The first-order valence-corrected chi connectivity index (χ1v) is 6.47. The SMILES string of the molecule is CCOC(C(N)c1ccc(Cl)cc1F)C(C)(C)C. The molecule has 0 fully saturated rings. The monoisotopic (exact) mass is 273 g/mol. The summed E-state index contributed by atoms with van der Waals surface area (Å²) in [6.45, 7) is 8.54. The molecule has 1 aromatic carbocycles. The number of hydrogen-bond donors (Lipinski definition) is 1. The van der Waals surface area contributed by atoms with Crippen LogP contribution < -0.4 is 5.73 Å². The van der Waals surface area contributed by atoms with Crippen LogP contribution in [0.4, 0.5) is 4.39 Å². The largest absolute Gasteiger partial charge is 0.376 e. The lowest BCUT2D eigenvalue weighted by Crippen LogP contribution is -2.39. The van der Waals surface area contributed by atoms with Gasteiger partial charge in [-0.15, -0.1) is 0 Å². The Balaban J connectivity index is 3.05. The van der Waals surface area contributed by atoms with Gasteiger partial charge in [-0.3, -0.25) is 0 Å². The summed E-state index contributed by atoms with van der Waals surface area (Å²) in [7, 11) is 0. The summed E-state index contributed by atoms with van der Waals surface area (Å²) in [5.74, 6) is -0.385. The van der Waals surface area contributed by atoms with Crippen molar-refractivity contribution in [3.05, 3.63) is 34.6 Å². The molecule has 102 valence electrons. The molecule has 0 amide bonds. The number of ether oxygens (including phenoxy) is 1. The minimum absolute atomic E-state index is 0.165. The van der Waals surface area contributed by atoms with Crippen molar-refractivity contribution in [2.45, 2.75) is 39.8 Å². The van der Waals surface area contributed by atoms with Gasteiger partial charge >= 0.3 is 0 Å². The van der Waals surface area contributed by atoms with Crippen LogP contribution in [-0.4, -0.2) is 12.7 Å². The molecule has 2 unspecified atom stereocenters. The Morgan fingerprint density at radius 1 is 1.39 bits per heavy atom. The van der Waals surface area contributed by atoms with Crippen LogP contribution in [0.1, 0.15) is 39.3 Å². The third-order valence-corrected chi connectivity index (χ3v) is 3.08. The molecule has 0 saturated carbocycles. The normalized spacial score (nSPS) is 15.5. The van der Waals surface area contributed by atoms with Crippen LogP contribution in [0.15, 0.2) is 18.2 Å². The predicted octanol–water partition coefficient (Wildman–Crippen LogP) is 3.93. The van der Waals surface area contributed by atoms with E-state index >= 15 is 0 Å². The van der Waals surface area contributed by atoms with Crippen LogP contribution in [0, 0.1) is 11.2 Å². The molecule has 18 heavy (non-hydrogen) atoms. The first-order chi connectivity index (χ1) is 8.27. The van der Waals surface area contributed by atoms with Crippen molar-refractivity contribution >= 4 is 11.6 Å². The van der Waals surface area contributed by atoms with Gasteiger partial charge in [-0.05, 0) is 24.5 Å². The number of halogens is 2. The second-order valence-electron chi connectivity index (χ2n) is 5.43. The summed E-state index contributed by atoms with van der Waals surface area (Å²) in [6, 6.07) is 4.04. The number of benzene rings is 1. The van der Waals surface area contributed by atoms with E-state index in [1.807, 2.05) is 27.7 Å². The zero-order chi connectivity index (χ0) is 13.9. The molecule has 0 saturated heterocycles. The molecule has 0 spiro atoms. The molecule has 2 N–H and O–H groups in total. The second-order valence-corrected chi connectivity index (χ2v) is 5.87. The zero-order valence-electron chi connectivity index (χ0n) is 11.3. The van der Waals surface area contributed by atoms with Crippen molar-refractivity contribution in [1.82, 2.24) is 0 Å². The van der Waals surface area contributed by atoms with Crippen molar-refractivity contribution in [2.24, 2.45) is 11.1 Å². The fourth-order valence-electron chi connectivity index (χ4n) is 2.01. The average molecular weight is 274 g/mol. The zero-order valence-corrected chi connectivity index (χ0v) is 12.1. The number of rotatable bonds is 4. The maximum atomic E-state index is 13.9. The second kappa shape index (κ2) is 6.00. The van der Waals surface area contributed by atoms with E-state index in [9.17, 15) is 4.39 Å². The molecule has 4 heteroatoms. The Labute approximate surface area is 113 Å². The molecule has 0 bridgehead atoms. The van der Waals surface area contributed by atoms with E-state index in [-0.39, 0.29) is 17.3 Å². The van der Waals surface area contributed by atoms with E-state index in [0.29, 0.717) is 17.2 Å². The lowest BCUT2D eigenvalue weighted by atomic mass is 9.82. The highest BCUT2D eigenvalue weighted by atomic mass is 35.5. The van der Waals surface area contributed by atoms with Gasteiger partial charge in [0, 0.05) is 17.2 Å². The van der Waals surface area contributed by atoms with Gasteiger partial charge in [0.2, 0.25) is 0 Å². The first-order valence-electron chi connectivity index (χ1n) is 6.09. The Morgan fingerprint density at radius 2 is 2.00 bits per heavy atom. The molecule has 2 atom stereocenters. The fourth-order valence-corrected chi connectivity index (χ4v) is 2.17. The van der Waals surface area contributed by atoms with Crippen molar-refractivity contribution in [3.63, 3.8) is 0 Å². The maximum absolute atomic E-state index is 13.9. The molecular weight excluding hydrogens is 253 g/mol. The molecule has 0 aliphatic rings. The van der Waals surface area contributed by atoms with E-state index in [2.05, 4.69) is 0 Å². The van der Waals surface area contributed by atoms with E-state index in [1.54, 1.807) is 12.1 Å². The lowest BCUT2D eigenvalue weighted by Gasteiger charge is -2.35. The highest BCUT2D eigenvalue weighted by Crippen LogP contribution is 2.33. The van der Waals surface area contributed by atoms with Crippen LogP contribution in [0.5, 0.6) is 0 Å². The molecular formula is C14H21ClFNO. The van der Waals surface area contributed by atoms with Gasteiger partial charge in [0.05, 0.1) is 12.1 Å². The maximum Gasteiger partial charge on any atom is 0.129 e. The van der Waals surface area contributed by atoms with Crippen LogP contribution >= 0.6 is 11.6 Å². The Kier molecular flexibility index (Phi) is 5.14. The summed E-state index contributed by atoms with van der Waals surface area (Å²) >= 11 is 5.74. The molecule has 0 aliphatic heterocycles. The van der Waals surface area contributed by atoms with Crippen molar-refractivity contribution in [2.75, 3.05) is 6.61 Å². The van der Waals surface area contributed by atoms with Gasteiger partial charge in [0.15, 0.2) is 0 Å². The van der Waals surface area contributed by atoms with Gasteiger partial charge in [0.25, 0.3) is 0 Å². The van der Waals surface area contributed by atoms with E-state index in [1.165, 1.54) is 6.07 Å². The molecule has 0 aliphatic carbocycles. The Morgan fingerprint density at radius 3 is 2.44 bits per heavy atom. The van der Waals surface area contributed by atoms with Crippen molar-refractivity contribution < 1.29 is 9.13 Å². The van der Waals surface area contributed by atoms with Gasteiger partial charge in [-0.25, -0.2) is 4.39 Å². The molecule has 0 heterocycles. The predicted molar refractivity (Wildman–Crippen MR) is 73.2 cm³/mol. The van der Waals surface area contributed by atoms with Crippen LogP contribution in [0.2, 0.25) is 5.02 Å². The van der Waals surface area contributed by atoms with Gasteiger partial charge in [-0.2, -0.15) is 0 Å². The highest BCUT2D eigenvalue weighted by Gasteiger charge is 2.32. The van der Waals surface area contributed by atoms with Crippen molar-refractivity contribution in [3.8, 4) is 0 Å². The number of nitrogens with two attached hydrogens (primary N) is 1. The fraction of sp³-hybridized carbons (Fsp3) is 0.571. The molecule has 1 aromatic rings. The minimum Gasteiger partial charge on any atom is -0.376 e. The quantitative estimate of drug-likeness (QED) is 0.902. The Hall–Kier alpha value is -0.640. The van der Waals surface area contributed by atoms with Gasteiger partial charge in [0.1, 0.15) is 5.82 Å². The topological polar surface area (TPSA) is 35.2 Å². The van der Waals surface area contributed by atoms with E-state index < -0.39 is 6.04 Å². The minimum atomic E-state index is -0.512. The summed E-state index contributed by atoms with van der Waals surface area (Å²) in [5, 5.41) is 0.368. The Bertz CT molecular complexity index is 403. The van der Waals surface area contributed by atoms with E-state index in [4.69, 9.17) is 22.1 Å². The van der Waals surface area contributed by atoms with Gasteiger partial charge in [-0.1, -0.05) is 38.4 Å². The van der Waals surface area contributed by atoms with E-state index in [0.717, 1.165) is 0 Å². The summed E-state index contributed by atoms with van der Waals surface area (Å²) in [4.78, 5) is 0. The summed E-state index contributed by atoms with van der Waals surface area (Å²) in [6.07, 6.45) is -0.252. The summed E-state index contributed by atoms with van der Waals surface area (Å²) in [5.41, 5.74) is 6.43. The first kappa shape index (κ1) is 15.4. The number of hydrogen-bond acceptors (Lipinski definition) is 2. The summed E-state index contributed by atoms with van der Waals surface area (Å²) < 4.78 is 19.6. The van der Waals surface area contributed by atoms with Crippen LogP contribution in [0.3, 0.4) is 0 Å². The molecule has 0 aromatic heterocycles. The van der Waals surface area contributed by atoms with Crippen molar-refractivity contribution in [1.29, 1.82) is 0 Å². The lowest BCUT2D eigenvalue weighted by molar-refractivity contribution is -0.0289. The smallest absolute Gasteiger partial charge is 0.129 e. The van der Waals surface area contributed by atoms with Crippen LogP contribution in [-0.2, 0) is 4.74 Å². The van der Waals surface area contributed by atoms with Gasteiger partial charge < -0.3 is 10.5 Å². The molecule has 0 radical (unpaired) electrons. The molecule has 2 nitrogen and oxygen atoms in total. The highest BCUT2D eigenvalue weighted by molar-refractivity contribution is 6.30. The molecule has 1 rings (SSSR count). The third kappa shape index (κ3) is 3.67. The van der Waals surface area contributed by atoms with Crippen LogP contribution in [0.25, 0.3) is 0 Å². The average Bonchev–Trinajstić information content (AvgIpc) is 2.23. The standard InChI is InChI=1S/C14H21ClFNO/c1-5-18-13(14(2,3)4)12(17)10-7-6-9(15)8-11(10)16/h6-8,12-13H,5,17H2,1-4H3.